The molecule has 0 aromatic heterocycles. The van der Waals surface area contributed by atoms with Gasteiger partial charge in [-0.25, -0.2) is 0 Å². The van der Waals surface area contributed by atoms with Gasteiger partial charge in [-0.1, -0.05) is 26.7 Å². The molecule has 0 aromatic rings. The van der Waals surface area contributed by atoms with Gasteiger partial charge in [-0.05, 0) is 25.2 Å². The molecule has 1 saturated carbocycles. The average Bonchev–Trinajstić information content (AvgIpc) is 2.65. The van der Waals surface area contributed by atoms with E-state index >= 15 is 0 Å². The summed E-state index contributed by atoms with van der Waals surface area (Å²) in [6.45, 7) is 4.86. The molecular weight excluding hydrogens is 218 g/mol. The molecule has 1 aliphatic carbocycles. The number of hydrogen-bond acceptors (Lipinski definition) is 2. The lowest BCUT2D eigenvalue weighted by atomic mass is 9.81. The maximum atomic E-state index is 12.1. The molecule has 1 fully saturated rings. The zero-order chi connectivity index (χ0) is 12.9. The van der Waals surface area contributed by atoms with Crippen LogP contribution >= 0.6 is 0 Å². The minimum atomic E-state index is -0.870. The number of aliphatic carboxylic acids is 1. The summed E-state index contributed by atoms with van der Waals surface area (Å²) in [7, 11) is 0. The minimum absolute atomic E-state index is 0.0273. The van der Waals surface area contributed by atoms with E-state index in [2.05, 4.69) is 19.2 Å². The van der Waals surface area contributed by atoms with Crippen LogP contribution in [0.4, 0.5) is 0 Å². The van der Waals surface area contributed by atoms with Gasteiger partial charge in [-0.2, -0.15) is 0 Å². The Morgan fingerprint density at radius 1 is 1.29 bits per heavy atom. The molecule has 98 valence electrons. The molecule has 1 aliphatic rings. The standard InChI is InChI=1S/C13H23NO3/c1-10(2)5-8-14-12(17)13(9-11(15)16)6-3-4-7-13/h10H,3-9H2,1-2H3,(H,14,17)(H,15,16). The normalized spacial score (nSPS) is 18.3. The molecule has 0 heterocycles. The molecule has 0 atom stereocenters. The second kappa shape index (κ2) is 6.03. The third-order valence-corrected chi connectivity index (χ3v) is 3.54. The first-order valence-corrected chi connectivity index (χ1v) is 6.46. The number of hydrogen-bond donors (Lipinski definition) is 2. The van der Waals surface area contributed by atoms with E-state index < -0.39 is 11.4 Å². The van der Waals surface area contributed by atoms with E-state index in [9.17, 15) is 9.59 Å². The van der Waals surface area contributed by atoms with Crippen LogP contribution in [-0.4, -0.2) is 23.5 Å². The second-order valence-corrected chi connectivity index (χ2v) is 5.50. The molecule has 4 heteroatoms. The third kappa shape index (κ3) is 4.02. The van der Waals surface area contributed by atoms with Gasteiger partial charge in [0.25, 0.3) is 0 Å². The molecule has 0 spiro atoms. The number of amides is 1. The number of nitrogens with one attached hydrogen (secondary N) is 1. The van der Waals surface area contributed by atoms with Crippen molar-refractivity contribution in [1.29, 1.82) is 0 Å². The van der Waals surface area contributed by atoms with Crippen molar-refractivity contribution in [2.75, 3.05) is 6.54 Å². The summed E-state index contributed by atoms with van der Waals surface area (Å²) in [5.41, 5.74) is -0.636. The van der Waals surface area contributed by atoms with Crippen molar-refractivity contribution in [3.8, 4) is 0 Å². The lowest BCUT2D eigenvalue weighted by molar-refractivity contribution is -0.145. The van der Waals surface area contributed by atoms with E-state index in [1.807, 2.05) is 0 Å². The first-order valence-electron chi connectivity index (χ1n) is 6.46. The van der Waals surface area contributed by atoms with E-state index in [4.69, 9.17) is 5.11 Å². The van der Waals surface area contributed by atoms with Crippen LogP contribution in [0, 0.1) is 11.3 Å². The monoisotopic (exact) mass is 241 g/mol. The van der Waals surface area contributed by atoms with E-state index in [0.29, 0.717) is 25.3 Å². The molecule has 0 aliphatic heterocycles. The molecule has 0 radical (unpaired) electrons. The van der Waals surface area contributed by atoms with Gasteiger partial charge < -0.3 is 10.4 Å². The Balaban J connectivity index is 2.52. The van der Waals surface area contributed by atoms with Gasteiger partial charge in [0.2, 0.25) is 5.91 Å². The number of carbonyl (C=O) groups excluding carboxylic acids is 1. The Hall–Kier alpha value is -1.06. The topological polar surface area (TPSA) is 66.4 Å². The van der Waals surface area contributed by atoms with Crippen LogP contribution in [-0.2, 0) is 9.59 Å². The van der Waals surface area contributed by atoms with Gasteiger partial charge in [0, 0.05) is 6.54 Å². The van der Waals surface area contributed by atoms with Crippen LogP contribution in [0.5, 0.6) is 0 Å². The molecule has 1 rings (SSSR count). The lowest BCUT2D eigenvalue weighted by Gasteiger charge is -2.25. The van der Waals surface area contributed by atoms with Gasteiger partial charge in [-0.3, -0.25) is 9.59 Å². The minimum Gasteiger partial charge on any atom is -0.481 e. The van der Waals surface area contributed by atoms with Gasteiger partial charge in [0.05, 0.1) is 11.8 Å². The summed E-state index contributed by atoms with van der Waals surface area (Å²) in [6, 6.07) is 0. The summed E-state index contributed by atoms with van der Waals surface area (Å²) in [5, 5.41) is 11.8. The summed E-state index contributed by atoms with van der Waals surface area (Å²) in [5.74, 6) is -0.377. The zero-order valence-electron chi connectivity index (χ0n) is 10.8. The average molecular weight is 241 g/mol. The Kier molecular flexibility index (Phi) is 4.97. The molecule has 0 saturated heterocycles. The van der Waals surface area contributed by atoms with Crippen molar-refractivity contribution in [1.82, 2.24) is 5.32 Å². The van der Waals surface area contributed by atoms with Crippen molar-refractivity contribution in [3.63, 3.8) is 0 Å². The van der Waals surface area contributed by atoms with Crippen LogP contribution < -0.4 is 5.32 Å². The highest BCUT2D eigenvalue weighted by Gasteiger charge is 2.42. The van der Waals surface area contributed by atoms with E-state index in [1.54, 1.807) is 0 Å². The number of carboxylic acids is 1. The van der Waals surface area contributed by atoms with Crippen molar-refractivity contribution in [3.05, 3.63) is 0 Å². The van der Waals surface area contributed by atoms with Gasteiger partial charge in [0.15, 0.2) is 0 Å². The smallest absolute Gasteiger partial charge is 0.304 e. The highest BCUT2D eigenvalue weighted by Crippen LogP contribution is 2.41. The van der Waals surface area contributed by atoms with Gasteiger partial charge in [-0.15, -0.1) is 0 Å². The molecule has 0 bridgehead atoms. The highest BCUT2D eigenvalue weighted by molar-refractivity contribution is 5.87. The highest BCUT2D eigenvalue weighted by atomic mass is 16.4. The van der Waals surface area contributed by atoms with E-state index in [0.717, 1.165) is 19.3 Å². The van der Waals surface area contributed by atoms with Crippen LogP contribution in [0.3, 0.4) is 0 Å². The largest absolute Gasteiger partial charge is 0.481 e. The molecule has 4 nitrogen and oxygen atoms in total. The molecule has 0 unspecified atom stereocenters. The first kappa shape index (κ1) is 14.0. The van der Waals surface area contributed by atoms with Crippen molar-refractivity contribution < 1.29 is 14.7 Å². The summed E-state index contributed by atoms with van der Waals surface area (Å²) < 4.78 is 0. The summed E-state index contributed by atoms with van der Waals surface area (Å²) >= 11 is 0. The summed E-state index contributed by atoms with van der Waals surface area (Å²) in [6.07, 6.45) is 4.27. The number of rotatable bonds is 6. The Morgan fingerprint density at radius 3 is 2.35 bits per heavy atom. The van der Waals surface area contributed by atoms with E-state index in [-0.39, 0.29) is 12.3 Å². The van der Waals surface area contributed by atoms with Crippen LogP contribution in [0.2, 0.25) is 0 Å². The fourth-order valence-electron chi connectivity index (χ4n) is 2.49. The van der Waals surface area contributed by atoms with Crippen molar-refractivity contribution in [2.45, 2.75) is 52.4 Å². The Morgan fingerprint density at radius 2 is 1.88 bits per heavy atom. The quantitative estimate of drug-likeness (QED) is 0.749. The lowest BCUT2D eigenvalue weighted by Crippen LogP contribution is -2.41. The molecule has 17 heavy (non-hydrogen) atoms. The van der Waals surface area contributed by atoms with Gasteiger partial charge in [0.1, 0.15) is 0 Å². The van der Waals surface area contributed by atoms with Crippen LogP contribution in [0.1, 0.15) is 52.4 Å². The van der Waals surface area contributed by atoms with Crippen molar-refractivity contribution in [2.24, 2.45) is 11.3 Å². The van der Waals surface area contributed by atoms with Crippen LogP contribution in [0.15, 0.2) is 0 Å². The number of carbonyl (C=O) groups is 2. The van der Waals surface area contributed by atoms with E-state index in [1.165, 1.54) is 0 Å². The molecule has 2 N–H and O–H groups in total. The summed E-state index contributed by atoms with van der Waals surface area (Å²) in [4.78, 5) is 23.0. The maximum absolute atomic E-state index is 12.1. The fourth-order valence-corrected chi connectivity index (χ4v) is 2.49. The van der Waals surface area contributed by atoms with Gasteiger partial charge >= 0.3 is 5.97 Å². The molecule has 0 aromatic carbocycles. The Labute approximate surface area is 103 Å². The zero-order valence-corrected chi connectivity index (χ0v) is 10.8. The predicted octanol–water partition coefficient (Wildman–Crippen LogP) is 2.18. The maximum Gasteiger partial charge on any atom is 0.304 e. The Bertz CT molecular complexity index is 280. The second-order valence-electron chi connectivity index (χ2n) is 5.50. The molecular formula is C13H23NO3. The number of carboxylic acid groups (broad SMARTS) is 1. The third-order valence-electron chi connectivity index (χ3n) is 3.54. The SMILES string of the molecule is CC(C)CCNC(=O)C1(CC(=O)O)CCCC1. The molecule has 1 amide bonds. The first-order chi connectivity index (χ1) is 7.96. The predicted molar refractivity (Wildman–Crippen MR) is 65.6 cm³/mol. The van der Waals surface area contributed by atoms with Crippen LogP contribution in [0.25, 0.3) is 0 Å². The van der Waals surface area contributed by atoms with Crippen molar-refractivity contribution >= 4 is 11.9 Å². The fraction of sp³-hybridized carbons (Fsp3) is 0.846.